The van der Waals surface area contributed by atoms with Crippen molar-refractivity contribution in [3.63, 3.8) is 0 Å². The lowest BCUT2D eigenvalue weighted by molar-refractivity contribution is -0.148. The zero-order valence-corrected chi connectivity index (χ0v) is 25.5. The first kappa shape index (κ1) is 29.7. The van der Waals surface area contributed by atoms with Crippen LogP contribution in [0.1, 0.15) is 108 Å². The molecule has 0 spiro atoms. The van der Waals surface area contributed by atoms with Crippen molar-refractivity contribution in [2.45, 2.75) is 111 Å². The first-order valence-electron chi connectivity index (χ1n) is 15.3. The summed E-state index contributed by atoms with van der Waals surface area (Å²) in [7, 11) is 1.49. The van der Waals surface area contributed by atoms with Gasteiger partial charge in [-0.3, -0.25) is 9.59 Å². The van der Waals surface area contributed by atoms with Gasteiger partial charge in [0.1, 0.15) is 34.6 Å². The molecule has 1 aliphatic heterocycles. The van der Waals surface area contributed by atoms with Crippen LogP contribution in [0.5, 0.6) is 11.5 Å². The van der Waals surface area contributed by atoms with Gasteiger partial charge in [-0.25, -0.2) is 4.79 Å². The molecule has 3 fully saturated rings. The number of hydrogen-bond acceptors (Lipinski definition) is 6. The second-order valence-electron chi connectivity index (χ2n) is 13.9. The minimum atomic E-state index is -0.977. The zero-order chi connectivity index (χ0) is 29.7. The lowest BCUT2D eigenvalue weighted by atomic mass is 9.48. The molecule has 0 aromatic heterocycles. The quantitative estimate of drug-likeness (QED) is 0.312. The van der Waals surface area contributed by atoms with E-state index in [0.29, 0.717) is 29.3 Å². The molecule has 1 heterocycles. The number of rotatable bonds is 3. The van der Waals surface area contributed by atoms with Crippen molar-refractivity contribution < 1.29 is 33.7 Å². The molecule has 6 unspecified atom stereocenters. The molecule has 224 valence electrons. The first-order valence-corrected chi connectivity index (χ1v) is 15.3. The zero-order valence-electron chi connectivity index (χ0n) is 25.5. The lowest BCUT2D eigenvalue weighted by Crippen LogP contribution is -2.50. The van der Waals surface area contributed by atoms with Gasteiger partial charge in [0.05, 0.1) is 7.11 Å². The molecular weight excluding hydrogens is 520 g/mol. The van der Waals surface area contributed by atoms with Crippen molar-refractivity contribution in [1.82, 2.24) is 0 Å². The smallest absolute Gasteiger partial charge is 0.339 e. The van der Waals surface area contributed by atoms with E-state index in [0.717, 1.165) is 69.1 Å². The molecule has 0 amide bonds. The Morgan fingerprint density at radius 2 is 1.68 bits per heavy atom. The molecule has 0 bridgehead atoms. The molecule has 41 heavy (non-hydrogen) atoms. The van der Waals surface area contributed by atoms with Crippen LogP contribution < -0.4 is 9.47 Å². The molecule has 0 radical (unpaired) electrons. The maximum absolute atomic E-state index is 12.4. The summed E-state index contributed by atoms with van der Waals surface area (Å²) in [6, 6.07) is 3.24. The number of ether oxygens (including phenoxy) is 3. The number of esters is 1. The molecule has 0 saturated heterocycles. The van der Waals surface area contributed by atoms with Gasteiger partial charge >= 0.3 is 11.9 Å². The number of carbonyl (C=O) groups is 3. The molecule has 6 rings (SSSR count). The summed E-state index contributed by atoms with van der Waals surface area (Å²) in [6.07, 6.45) is 12.4. The highest BCUT2D eigenvalue weighted by atomic mass is 16.5. The number of fused-ring (bicyclic) bond motifs is 6. The number of carbonyl (C=O) groups excluding carboxylic acids is 2. The van der Waals surface area contributed by atoms with E-state index >= 15 is 0 Å². The highest BCUT2D eigenvalue weighted by Crippen LogP contribution is 2.64. The summed E-state index contributed by atoms with van der Waals surface area (Å²) < 4.78 is 16.5. The van der Waals surface area contributed by atoms with Crippen molar-refractivity contribution in [3.05, 3.63) is 34.9 Å². The number of carboxylic acids is 1. The van der Waals surface area contributed by atoms with Gasteiger partial charge in [-0.2, -0.15) is 0 Å². The van der Waals surface area contributed by atoms with Crippen LogP contribution in [0.2, 0.25) is 0 Å². The maximum Gasteiger partial charge on any atom is 0.339 e. The Morgan fingerprint density at radius 3 is 2.37 bits per heavy atom. The largest absolute Gasteiger partial charge is 0.495 e. The Bertz CT molecular complexity index is 1260. The van der Waals surface area contributed by atoms with Gasteiger partial charge in [0.25, 0.3) is 0 Å². The van der Waals surface area contributed by atoms with Gasteiger partial charge in [0.15, 0.2) is 0 Å². The molecule has 6 atom stereocenters. The second-order valence-corrected chi connectivity index (χ2v) is 13.9. The number of carboxylic acid groups (broad SMARTS) is 1. The van der Waals surface area contributed by atoms with E-state index < -0.39 is 5.97 Å². The van der Waals surface area contributed by atoms with Gasteiger partial charge in [-0.15, -0.1) is 0 Å². The number of hydrogen-bond donors (Lipinski definition) is 1. The summed E-state index contributed by atoms with van der Waals surface area (Å²) in [5.74, 6) is 2.50. The summed E-state index contributed by atoms with van der Waals surface area (Å²) >= 11 is 0. The SMILES string of the molecule is CC(=O)OC1CCC2(C)C(=CCC3C4CCC(=O)C4(C)CCC32)C1.COc1c(C(=O)O)ccc2c1CCC(C)(C)O2. The summed E-state index contributed by atoms with van der Waals surface area (Å²) in [4.78, 5) is 34.8. The van der Waals surface area contributed by atoms with E-state index in [1.165, 1.54) is 32.1 Å². The fourth-order valence-electron chi connectivity index (χ4n) is 8.85. The van der Waals surface area contributed by atoms with Crippen molar-refractivity contribution in [2.24, 2.45) is 28.6 Å². The maximum atomic E-state index is 12.4. The van der Waals surface area contributed by atoms with E-state index in [1.54, 1.807) is 6.07 Å². The van der Waals surface area contributed by atoms with Crippen LogP contribution in [0.4, 0.5) is 0 Å². The number of Topliss-reactive ketones (excluding diaryl/α,β-unsaturated/α-hetero) is 1. The Balaban J connectivity index is 0.000000175. The average molecular weight is 567 g/mol. The third-order valence-corrected chi connectivity index (χ3v) is 11.1. The molecule has 5 aliphatic rings. The highest BCUT2D eigenvalue weighted by Gasteiger charge is 2.58. The Kier molecular flexibility index (Phi) is 7.80. The number of aromatic carboxylic acids is 1. The molecule has 7 heteroatoms. The fourth-order valence-corrected chi connectivity index (χ4v) is 8.85. The lowest BCUT2D eigenvalue weighted by Gasteiger charge is -2.56. The summed E-state index contributed by atoms with van der Waals surface area (Å²) in [5.41, 5.74) is 2.57. The minimum Gasteiger partial charge on any atom is -0.495 e. The molecule has 1 N–H and O–H groups in total. The summed E-state index contributed by atoms with van der Waals surface area (Å²) in [5, 5.41) is 9.08. The molecule has 1 aromatic carbocycles. The van der Waals surface area contributed by atoms with Crippen molar-refractivity contribution >= 4 is 17.7 Å². The van der Waals surface area contributed by atoms with Crippen LogP contribution in [0, 0.1) is 28.6 Å². The van der Waals surface area contributed by atoms with Gasteiger partial charge in [-0.05, 0) is 101 Å². The van der Waals surface area contributed by atoms with E-state index in [4.69, 9.17) is 19.3 Å². The molecule has 7 nitrogen and oxygen atoms in total. The fraction of sp³-hybridized carbons (Fsp3) is 0.676. The van der Waals surface area contributed by atoms with Crippen molar-refractivity contribution in [1.29, 1.82) is 0 Å². The molecule has 3 saturated carbocycles. The first-order chi connectivity index (χ1) is 19.3. The van der Waals surface area contributed by atoms with E-state index in [2.05, 4.69) is 19.9 Å². The Hall–Kier alpha value is -2.83. The molecule has 1 aromatic rings. The van der Waals surface area contributed by atoms with E-state index in [9.17, 15) is 14.4 Å². The number of allylic oxidation sites excluding steroid dienone is 1. The monoisotopic (exact) mass is 566 g/mol. The van der Waals surface area contributed by atoms with Gasteiger partial charge < -0.3 is 19.3 Å². The van der Waals surface area contributed by atoms with Crippen LogP contribution >= 0.6 is 0 Å². The average Bonchev–Trinajstić information content (AvgIpc) is 3.21. The predicted octanol–water partition coefficient (Wildman–Crippen LogP) is 6.95. The third-order valence-electron chi connectivity index (χ3n) is 11.1. The summed E-state index contributed by atoms with van der Waals surface area (Å²) in [6.45, 7) is 10.2. The van der Waals surface area contributed by atoms with Gasteiger partial charge in [0.2, 0.25) is 0 Å². The second kappa shape index (κ2) is 10.8. The Morgan fingerprint density at radius 1 is 0.976 bits per heavy atom. The standard InChI is InChI=1S/C21H30O3.C13H16O4/c1-13(22)24-15-8-10-20(2)14(12-15)4-5-16-17-6-7-19(23)21(17,3)11-9-18(16)20;1-13(2)7-6-8-10(17-13)5-4-9(12(14)15)11(8)16-3/h4,15-18H,5-12H2,1-3H3;4-5H,6-7H2,1-3H3,(H,14,15). The van der Waals surface area contributed by atoms with E-state index in [-0.39, 0.29) is 34.1 Å². The molecular formula is C34H46O7. The van der Waals surface area contributed by atoms with Crippen LogP contribution in [-0.2, 0) is 20.7 Å². The van der Waals surface area contributed by atoms with Crippen LogP contribution in [-0.4, -0.2) is 41.6 Å². The third kappa shape index (κ3) is 5.30. The van der Waals surface area contributed by atoms with Crippen LogP contribution in [0.25, 0.3) is 0 Å². The number of benzene rings is 1. The number of methoxy groups -OCH3 is 1. The minimum absolute atomic E-state index is 0.0438. The normalized spacial score (nSPS) is 34.7. The number of ketones is 1. The van der Waals surface area contributed by atoms with Gasteiger partial charge in [-0.1, -0.05) is 25.5 Å². The highest BCUT2D eigenvalue weighted by molar-refractivity contribution is 5.92. The van der Waals surface area contributed by atoms with Crippen LogP contribution in [0.3, 0.4) is 0 Å². The molecule has 4 aliphatic carbocycles. The van der Waals surface area contributed by atoms with E-state index in [1.807, 2.05) is 13.8 Å². The van der Waals surface area contributed by atoms with Crippen molar-refractivity contribution in [2.75, 3.05) is 7.11 Å². The predicted molar refractivity (Wildman–Crippen MR) is 155 cm³/mol. The van der Waals surface area contributed by atoms with Crippen molar-refractivity contribution in [3.8, 4) is 11.5 Å². The van der Waals surface area contributed by atoms with Crippen LogP contribution in [0.15, 0.2) is 23.8 Å². The topological polar surface area (TPSA) is 99.1 Å². The van der Waals surface area contributed by atoms with Gasteiger partial charge in [0, 0.05) is 30.7 Å². The Labute approximate surface area is 244 Å².